The van der Waals surface area contributed by atoms with Crippen molar-refractivity contribution in [2.45, 2.75) is 90.8 Å². The Morgan fingerprint density at radius 2 is 1.43 bits per heavy atom. The van der Waals surface area contributed by atoms with E-state index in [1.54, 1.807) is 0 Å². The van der Waals surface area contributed by atoms with Gasteiger partial charge in [-0.25, -0.2) is 0 Å². The normalized spacial score (nSPS) is 17.3. The van der Waals surface area contributed by atoms with Crippen molar-refractivity contribution in [1.82, 2.24) is 4.98 Å². The zero-order valence-electron chi connectivity index (χ0n) is 17.2. The maximum atomic E-state index is 11.8. The molecule has 0 aromatic heterocycles. The molecular formula is C18H39NO2Si2. The smallest absolute Gasteiger partial charge is 0.320 e. The molecule has 136 valence electrons. The van der Waals surface area contributed by atoms with Crippen LogP contribution in [-0.2, 0) is 4.79 Å². The van der Waals surface area contributed by atoms with E-state index in [0.29, 0.717) is 0 Å². The molecule has 0 aliphatic rings. The first-order valence-corrected chi connectivity index (χ1v) is 14.7. The third-order valence-electron chi connectivity index (χ3n) is 5.93. The number of rotatable bonds is 6. The van der Waals surface area contributed by atoms with E-state index < -0.39 is 28.3 Å². The van der Waals surface area contributed by atoms with Crippen LogP contribution in [0.1, 0.15) is 48.5 Å². The van der Waals surface area contributed by atoms with Gasteiger partial charge in [0.05, 0.1) is 8.07 Å². The van der Waals surface area contributed by atoms with Gasteiger partial charge in [-0.3, -0.25) is 4.79 Å². The lowest BCUT2D eigenvalue weighted by molar-refractivity contribution is -0.139. The van der Waals surface area contributed by atoms with Crippen LogP contribution in [0.2, 0.25) is 36.3 Å². The van der Waals surface area contributed by atoms with Crippen molar-refractivity contribution < 1.29 is 9.90 Å². The summed E-state index contributed by atoms with van der Waals surface area (Å²) in [5.74, 6) is -0.766. The van der Waals surface area contributed by atoms with E-state index in [1.807, 2.05) is 6.92 Å². The molecule has 0 aliphatic heterocycles. The molecule has 5 heteroatoms. The second kappa shape index (κ2) is 7.23. The highest BCUT2D eigenvalue weighted by atomic mass is 28.3. The molecule has 0 unspecified atom stereocenters. The summed E-state index contributed by atoms with van der Waals surface area (Å²) < 4.78 is 0. The molecule has 0 bridgehead atoms. The maximum Gasteiger partial charge on any atom is 0.320 e. The largest absolute Gasteiger partial charge is 0.480 e. The van der Waals surface area contributed by atoms with Gasteiger partial charge in [0.2, 0.25) is 0 Å². The highest BCUT2D eigenvalue weighted by Gasteiger charge is 2.40. The second-order valence-electron chi connectivity index (χ2n) is 10.0. The predicted molar refractivity (Wildman–Crippen MR) is 107 cm³/mol. The summed E-state index contributed by atoms with van der Waals surface area (Å²) in [6.07, 6.45) is 2.14. The van der Waals surface area contributed by atoms with Crippen LogP contribution in [0.5, 0.6) is 0 Å². The number of carbonyl (C=O) groups is 1. The van der Waals surface area contributed by atoms with E-state index in [4.69, 9.17) is 0 Å². The molecule has 0 rings (SSSR count). The average molecular weight is 358 g/mol. The molecule has 0 saturated heterocycles. The zero-order valence-corrected chi connectivity index (χ0v) is 19.2. The molecule has 0 aromatic carbocycles. The van der Waals surface area contributed by atoms with E-state index in [9.17, 15) is 9.90 Å². The molecule has 0 aromatic rings. The lowest BCUT2D eigenvalue weighted by Crippen LogP contribution is -2.60. The molecule has 0 radical (unpaired) electrons. The summed E-state index contributed by atoms with van der Waals surface area (Å²) in [6, 6.07) is -0.517. The first kappa shape index (κ1) is 22.6. The van der Waals surface area contributed by atoms with Gasteiger partial charge in [-0.2, -0.15) is 0 Å². The van der Waals surface area contributed by atoms with Crippen molar-refractivity contribution in [2.24, 2.45) is 5.92 Å². The molecule has 2 N–H and O–H groups in total. The van der Waals surface area contributed by atoms with Gasteiger partial charge in [0.25, 0.3) is 0 Å². The van der Waals surface area contributed by atoms with E-state index in [1.165, 1.54) is 0 Å². The van der Waals surface area contributed by atoms with Crippen molar-refractivity contribution in [1.29, 1.82) is 0 Å². The minimum absolute atomic E-state index is 0.0178. The molecule has 2 atom stereocenters. The van der Waals surface area contributed by atoms with Crippen LogP contribution in [-0.4, -0.2) is 33.4 Å². The highest BCUT2D eigenvalue weighted by Crippen LogP contribution is 2.37. The van der Waals surface area contributed by atoms with Gasteiger partial charge < -0.3 is 10.1 Å². The van der Waals surface area contributed by atoms with Gasteiger partial charge in [0.1, 0.15) is 14.3 Å². The van der Waals surface area contributed by atoms with E-state index in [2.05, 4.69) is 84.5 Å². The number of carboxylic acids is 1. The van der Waals surface area contributed by atoms with Gasteiger partial charge in [-0.1, -0.05) is 86.4 Å². The molecule has 23 heavy (non-hydrogen) atoms. The van der Waals surface area contributed by atoms with Crippen molar-refractivity contribution in [3.05, 3.63) is 11.8 Å². The molecule has 0 amide bonds. The summed E-state index contributed by atoms with van der Waals surface area (Å²) in [6.45, 7) is 24.5. The lowest BCUT2D eigenvalue weighted by Gasteiger charge is -2.40. The number of aliphatic carboxylic acids is 1. The molecule has 0 heterocycles. The highest BCUT2D eigenvalue weighted by molar-refractivity contribution is 6.84. The van der Waals surface area contributed by atoms with E-state index >= 15 is 0 Å². The van der Waals surface area contributed by atoms with E-state index in [-0.39, 0.29) is 16.0 Å². The summed E-state index contributed by atoms with van der Waals surface area (Å²) in [5.41, 5.74) is 2.32. The number of hydrogen-bond donors (Lipinski definition) is 2. The first-order chi connectivity index (χ1) is 9.92. The summed E-state index contributed by atoms with van der Waals surface area (Å²) >= 11 is 0. The van der Waals surface area contributed by atoms with Gasteiger partial charge in [0.15, 0.2) is 0 Å². The SMILES string of the molecule is C[C@@H](/C=C/[Si](C)(C)C(C)(C)C)[C@H](N[Si](C)(C)C(C)(C)C)C(=O)O. The van der Waals surface area contributed by atoms with Gasteiger partial charge >= 0.3 is 5.97 Å². The Balaban J connectivity index is 5.32. The maximum absolute atomic E-state index is 11.8. The Labute approximate surface area is 146 Å². The topological polar surface area (TPSA) is 49.3 Å². The number of nitrogens with one attached hydrogen (secondary N) is 1. The van der Waals surface area contributed by atoms with Crippen molar-refractivity contribution in [2.75, 3.05) is 0 Å². The van der Waals surface area contributed by atoms with Crippen LogP contribution in [0.15, 0.2) is 11.8 Å². The van der Waals surface area contributed by atoms with Gasteiger partial charge in [-0.05, 0) is 16.0 Å². The van der Waals surface area contributed by atoms with Crippen molar-refractivity contribution >= 4 is 22.3 Å². The summed E-state index contributed by atoms with van der Waals surface area (Å²) in [4.78, 5) is 15.3. The third-order valence-corrected chi connectivity index (χ3v) is 15.6. The second-order valence-corrected chi connectivity index (χ2v) is 20.3. The molecule has 0 spiro atoms. The monoisotopic (exact) mass is 357 g/mol. The lowest BCUT2D eigenvalue weighted by atomic mass is 10.0. The fourth-order valence-corrected chi connectivity index (χ4v) is 4.66. The predicted octanol–water partition coefficient (Wildman–Crippen LogP) is 5.27. The fourth-order valence-electron chi connectivity index (χ4n) is 1.78. The molecule has 0 aliphatic carbocycles. The molecule has 0 fully saturated rings. The molecular weight excluding hydrogens is 318 g/mol. The Morgan fingerprint density at radius 3 is 1.74 bits per heavy atom. The van der Waals surface area contributed by atoms with Crippen LogP contribution in [0.4, 0.5) is 0 Å². The Bertz CT molecular complexity index is 443. The zero-order chi connectivity index (χ0) is 18.9. The van der Waals surface area contributed by atoms with Crippen molar-refractivity contribution in [3.8, 4) is 0 Å². The molecule has 0 saturated carbocycles. The van der Waals surface area contributed by atoms with Crippen molar-refractivity contribution in [3.63, 3.8) is 0 Å². The molecule has 3 nitrogen and oxygen atoms in total. The Hall–Kier alpha value is -0.396. The van der Waals surface area contributed by atoms with Crippen LogP contribution < -0.4 is 4.98 Å². The standard InChI is InChI=1S/C18H39NO2Si2/c1-14(12-13-22(8,9)17(2,3)4)15(16(20)21)19-23(10,11)18(5,6)7/h12-15,19H,1-11H3,(H,20,21)/b13-12+/t14-,15-/m0/s1. The van der Waals surface area contributed by atoms with Gasteiger partial charge in [-0.15, -0.1) is 0 Å². The Kier molecular flexibility index (Phi) is 7.11. The average Bonchev–Trinajstić information content (AvgIpc) is 2.30. The minimum Gasteiger partial charge on any atom is -0.480 e. The van der Waals surface area contributed by atoms with Gasteiger partial charge in [0, 0.05) is 0 Å². The number of hydrogen-bond acceptors (Lipinski definition) is 2. The van der Waals surface area contributed by atoms with E-state index in [0.717, 1.165) is 0 Å². The summed E-state index contributed by atoms with van der Waals surface area (Å²) in [5, 5.41) is 10.1. The van der Waals surface area contributed by atoms with Crippen LogP contribution in [0.3, 0.4) is 0 Å². The van der Waals surface area contributed by atoms with Crippen LogP contribution in [0, 0.1) is 5.92 Å². The first-order valence-electron chi connectivity index (χ1n) is 8.62. The van der Waals surface area contributed by atoms with Crippen LogP contribution >= 0.6 is 0 Å². The third kappa shape index (κ3) is 6.20. The summed E-state index contributed by atoms with van der Waals surface area (Å²) in [7, 11) is -3.39. The van der Waals surface area contributed by atoms with Crippen LogP contribution in [0.25, 0.3) is 0 Å². The minimum atomic E-state index is -1.86. The Morgan fingerprint density at radius 1 is 1.00 bits per heavy atom. The number of carboxylic acid groups (broad SMARTS) is 1. The quantitative estimate of drug-likeness (QED) is 0.636. The fraction of sp³-hybridized carbons (Fsp3) is 0.833.